The summed E-state index contributed by atoms with van der Waals surface area (Å²) in [6.07, 6.45) is 1.22. The van der Waals surface area contributed by atoms with Crippen LogP contribution in [0.15, 0.2) is 36.5 Å². The lowest BCUT2D eigenvalue weighted by atomic mass is 10.1. The Morgan fingerprint density at radius 3 is 2.19 bits per heavy atom. The average molecular weight is 314 g/mol. The van der Waals surface area contributed by atoms with Gasteiger partial charge in [0.2, 0.25) is 0 Å². The number of nitrogens with zero attached hydrogens (tertiary/aromatic N) is 1. The van der Waals surface area contributed by atoms with Crippen molar-refractivity contribution in [3.05, 3.63) is 53.2 Å². The molecule has 0 saturated heterocycles. The molecule has 0 spiro atoms. The number of aliphatic carboxylic acids is 1. The van der Waals surface area contributed by atoms with Gasteiger partial charge in [-0.2, -0.15) is 0 Å². The Morgan fingerprint density at radius 1 is 1.19 bits per heavy atom. The van der Waals surface area contributed by atoms with Crippen LogP contribution in [0.3, 0.4) is 0 Å². The average Bonchev–Trinajstić information content (AvgIpc) is 2.43. The SMILES string of the molecule is CC(C)C(=O)O.Fc1ccnc(-c2ccc(Cl)cc2)c1F. The summed E-state index contributed by atoms with van der Waals surface area (Å²) in [5.74, 6) is -2.82. The van der Waals surface area contributed by atoms with E-state index in [4.69, 9.17) is 16.7 Å². The fourth-order valence-corrected chi connectivity index (χ4v) is 1.36. The maximum absolute atomic E-state index is 13.3. The smallest absolute Gasteiger partial charge is 0.305 e. The Morgan fingerprint density at radius 2 is 1.71 bits per heavy atom. The molecule has 0 aliphatic carbocycles. The second kappa shape index (κ2) is 7.69. The summed E-state index contributed by atoms with van der Waals surface area (Å²) in [7, 11) is 0. The van der Waals surface area contributed by atoms with Crippen molar-refractivity contribution in [2.24, 2.45) is 5.92 Å². The third-order valence-electron chi connectivity index (χ3n) is 2.45. The summed E-state index contributed by atoms with van der Waals surface area (Å²) in [6, 6.07) is 7.36. The highest BCUT2D eigenvalue weighted by molar-refractivity contribution is 6.30. The number of hydrogen-bond donors (Lipinski definition) is 1. The highest BCUT2D eigenvalue weighted by atomic mass is 35.5. The van der Waals surface area contributed by atoms with E-state index in [9.17, 15) is 13.6 Å². The minimum Gasteiger partial charge on any atom is -0.481 e. The molecule has 6 heteroatoms. The molecule has 112 valence electrons. The molecule has 0 unspecified atom stereocenters. The minimum absolute atomic E-state index is 0.00772. The number of carboxylic acids is 1. The molecule has 0 aliphatic rings. The maximum atomic E-state index is 13.3. The van der Waals surface area contributed by atoms with Crippen LogP contribution in [0.4, 0.5) is 8.78 Å². The number of hydrogen-bond acceptors (Lipinski definition) is 2. The van der Waals surface area contributed by atoms with E-state index in [0.717, 1.165) is 6.07 Å². The Balaban J connectivity index is 0.000000315. The van der Waals surface area contributed by atoms with Gasteiger partial charge in [0.15, 0.2) is 11.6 Å². The molecule has 0 atom stereocenters. The molecule has 3 nitrogen and oxygen atoms in total. The second-order valence-corrected chi connectivity index (χ2v) is 4.89. The Hall–Kier alpha value is -2.01. The zero-order chi connectivity index (χ0) is 16.0. The van der Waals surface area contributed by atoms with Crippen molar-refractivity contribution in [1.82, 2.24) is 4.98 Å². The van der Waals surface area contributed by atoms with Gasteiger partial charge in [0, 0.05) is 16.8 Å². The van der Waals surface area contributed by atoms with Crippen LogP contribution in [0.1, 0.15) is 13.8 Å². The molecular formula is C15H14ClF2NO2. The summed E-state index contributed by atoms with van der Waals surface area (Å²) in [6.45, 7) is 3.28. The Kier molecular flexibility index (Phi) is 6.24. The van der Waals surface area contributed by atoms with Crippen molar-refractivity contribution in [2.75, 3.05) is 0 Å². The van der Waals surface area contributed by atoms with Gasteiger partial charge in [0.1, 0.15) is 5.69 Å². The summed E-state index contributed by atoms with van der Waals surface area (Å²) >= 11 is 5.68. The highest BCUT2D eigenvalue weighted by Gasteiger charge is 2.10. The number of pyridine rings is 1. The van der Waals surface area contributed by atoms with E-state index >= 15 is 0 Å². The molecule has 0 saturated carbocycles. The first-order valence-corrected chi connectivity index (χ1v) is 6.49. The predicted octanol–water partition coefficient (Wildman–Crippen LogP) is 4.41. The van der Waals surface area contributed by atoms with Crippen molar-refractivity contribution >= 4 is 17.6 Å². The molecule has 21 heavy (non-hydrogen) atoms. The van der Waals surface area contributed by atoms with Crippen LogP contribution in [0, 0.1) is 17.6 Å². The van der Waals surface area contributed by atoms with Crippen LogP contribution in [0.5, 0.6) is 0 Å². The van der Waals surface area contributed by atoms with Gasteiger partial charge in [-0.1, -0.05) is 37.6 Å². The summed E-state index contributed by atoms with van der Waals surface area (Å²) < 4.78 is 26.2. The third-order valence-corrected chi connectivity index (χ3v) is 2.71. The van der Waals surface area contributed by atoms with Gasteiger partial charge in [0.05, 0.1) is 5.92 Å². The van der Waals surface area contributed by atoms with Crippen molar-refractivity contribution in [2.45, 2.75) is 13.8 Å². The first kappa shape index (κ1) is 17.0. The lowest BCUT2D eigenvalue weighted by molar-refractivity contribution is -0.140. The maximum Gasteiger partial charge on any atom is 0.305 e. The standard InChI is InChI=1S/C11H6ClF2N.C4H8O2/c12-8-3-1-7(2-4-8)11-10(14)9(13)5-6-15-11;1-3(2)4(5)6/h1-6H;3H,1-2H3,(H,5,6). The molecule has 0 fully saturated rings. The lowest BCUT2D eigenvalue weighted by Gasteiger charge is -2.02. The van der Waals surface area contributed by atoms with Gasteiger partial charge in [-0.05, 0) is 18.2 Å². The largest absolute Gasteiger partial charge is 0.481 e. The van der Waals surface area contributed by atoms with E-state index in [1.54, 1.807) is 38.1 Å². The number of halogens is 3. The van der Waals surface area contributed by atoms with Gasteiger partial charge in [-0.15, -0.1) is 0 Å². The number of carboxylic acid groups (broad SMARTS) is 1. The molecule has 1 aromatic heterocycles. The van der Waals surface area contributed by atoms with Crippen molar-refractivity contribution in [3.63, 3.8) is 0 Å². The van der Waals surface area contributed by atoms with Crippen LogP contribution in [0.25, 0.3) is 11.3 Å². The van der Waals surface area contributed by atoms with Crippen LogP contribution >= 0.6 is 11.6 Å². The van der Waals surface area contributed by atoms with E-state index in [2.05, 4.69) is 4.98 Å². The molecule has 2 aromatic rings. The number of carbonyl (C=O) groups is 1. The van der Waals surface area contributed by atoms with E-state index < -0.39 is 17.6 Å². The Bertz CT molecular complexity index is 616. The molecule has 0 radical (unpaired) electrons. The summed E-state index contributed by atoms with van der Waals surface area (Å²) in [5, 5.41) is 8.53. The van der Waals surface area contributed by atoms with Crippen LogP contribution < -0.4 is 0 Å². The molecule has 1 heterocycles. The second-order valence-electron chi connectivity index (χ2n) is 4.46. The molecule has 0 amide bonds. The third kappa shape index (κ3) is 5.11. The fourth-order valence-electron chi connectivity index (χ4n) is 1.23. The first-order valence-electron chi connectivity index (χ1n) is 6.11. The van der Waals surface area contributed by atoms with Gasteiger partial charge >= 0.3 is 5.97 Å². The Labute approximate surface area is 126 Å². The van der Waals surface area contributed by atoms with E-state index in [1.165, 1.54) is 6.20 Å². The van der Waals surface area contributed by atoms with Gasteiger partial charge in [-0.25, -0.2) is 8.78 Å². The zero-order valence-electron chi connectivity index (χ0n) is 11.5. The topological polar surface area (TPSA) is 50.2 Å². The first-order chi connectivity index (χ1) is 9.82. The van der Waals surface area contributed by atoms with Crippen molar-refractivity contribution in [3.8, 4) is 11.3 Å². The predicted molar refractivity (Wildman–Crippen MR) is 77.1 cm³/mol. The molecular weight excluding hydrogens is 300 g/mol. The molecule has 1 aromatic carbocycles. The quantitative estimate of drug-likeness (QED) is 0.893. The van der Waals surface area contributed by atoms with E-state index in [-0.39, 0.29) is 11.6 Å². The van der Waals surface area contributed by atoms with E-state index in [1.807, 2.05) is 0 Å². The molecule has 0 aliphatic heterocycles. The summed E-state index contributed by atoms with van der Waals surface area (Å²) in [4.78, 5) is 13.5. The molecule has 1 N–H and O–H groups in total. The van der Waals surface area contributed by atoms with Crippen LogP contribution in [-0.2, 0) is 4.79 Å². The van der Waals surface area contributed by atoms with Gasteiger partial charge in [-0.3, -0.25) is 9.78 Å². The van der Waals surface area contributed by atoms with Gasteiger partial charge in [0.25, 0.3) is 0 Å². The lowest BCUT2D eigenvalue weighted by Crippen LogP contribution is -2.03. The molecule has 2 rings (SSSR count). The number of aromatic nitrogens is 1. The van der Waals surface area contributed by atoms with Crippen molar-refractivity contribution < 1.29 is 18.7 Å². The fraction of sp³-hybridized carbons (Fsp3) is 0.200. The molecule has 0 bridgehead atoms. The van der Waals surface area contributed by atoms with Crippen LogP contribution in [0.2, 0.25) is 5.02 Å². The minimum atomic E-state index is -0.945. The highest BCUT2D eigenvalue weighted by Crippen LogP contribution is 2.23. The normalized spacial score (nSPS) is 10.0. The zero-order valence-corrected chi connectivity index (χ0v) is 12.2. The van der Waals surface area contributed by atoms with E-state index in [0.29, 0.717) is 10.6 Å². The van der Waals surface area contributed by atoms with Gasteiger partial charge < -0.3 is 5.11 Å². The van der Waals surface area contributed by atoms with Crippen molar-refractivity contribution in [1.29, 1.82) is 0 Å². The van der Waals surface area contributed by atoms with Crippen LogP contribution in [-0.4, -0.2) is 16.1 Å². The summed E-state index contributed by atoms with van der Waals surface area (Å²) in [5.41, 5.74) is 0.489. The number of rotatable bonds is 2. The number of benzene rings is 1. The monoisotopic (exact) mass is 313 g/mol.